The lowest BCUT2D eigenvalue weighted by atomic mass is 10.1. The summed E-state index contributed by atoms with van der Waals surface area (Å²) in [7, 11) is -3.43. The van der Waals surface area contributed by atoms with Gasteiger partial charge in [-0.1, -0.05) is 0 Å². The zero-order valence-electron chi connectivity index (χ0n) is 17.8. The summed E-state index contributed by atoms with van der Waals surface area (Å²) in [6.45, 7) is 0.160. The molecule has 0 bridgehead atoms. The Morgan fingerprint density at radius 3 is 2.38 bits per heavy atom. The highest BCUT2D eigenvalue weighted by atomic mass is 31.2. The lowest BCUT2D eigenvalue weighted by Crippen LogP contribution is -2.40. The van der Waals surface area contributed by atoms with Crippen LogP contribution < -0.4 is 11.2 Å². The van der Waals surface area contributed by atoms with Crippen LogP contribution >= 0.6 is 15.4 Å². The highest BCUT2D eigenvalue weighted by Gasteiger charge is 2.49. The molecule has 2 rings (SSSR count). The molecule has 1 aromatic rings. The second-order valence-corrected chi connectivity index (χ2v) is 9.93. The van der Waals surface area contributed by atoms with Crippen molar-refractivity contribution in [2.75, 3.05) is 41.7 Å². The average Bonchev–Trinajstić information content (AvgIpc) is 3.08. The van der Waals surface area contributed by atoms with Crippen LogP contribution in [0.25, 0.3) is 0 Å². The number of nitrogens with zero attached hydrogens (tertiary/aromatic N) is 1. The summed E-state index contributed by atoms with van der Waals surface area (Å²) in [4.78, 5) is 35.8. The molecule has 16 heteroatoms. The molecular weight excluding hydrogens is 474 g/mol. The topological polar surface area (TPSA) is 174 Å². The van der Waals surface area contributed by atoms with E-state index in [2.05, 4.69) is 9.51 Å². The van der Waals surface area contributed by atoms with E-state index >= 15 is 0 Å². The van der Waals surface area contributed by atoms with E-state index in [1.165, 1.54) is 33.6 Å². The van der Waals surface area contributed by atoms with Gasteiger partial charge in [-0.25, -0.2) is 9.36 Å². The van der Waals surface area contributed by atoms with Crippen molar-refractivity contribution in [3.05, 3.63) is 45.0 Å². The Kier molecular flexibility index (Phi) is 9.73. The van der Waals surface area contributed by atoms with Crippen LogP contribution in [0.4, 0.5) is 0 Å². The summed E-state index contributed by atoms with van der Waals surface area (Å²) in [6, 6.07) is 1.09. The third-order valence-electron chi connectivity index (χ3n) is 4.40. The normalized spacial score (nSPS) is 25.9. The summed E-state index contributed by atoms with van der Waals surface area (Å²) in [6.07, 6.45) is -2.44. The number of hydrogen-bond acceptors (Lipinski definition) is 11. The number of methoxy groups -OCH3 is 1. The standard InChI is InChI=1S/C16H26N2O12P2/c1-24-8-9-28-14-13(30-32(22,23)27-4)11(6-10-31(21,25-2)26-3)29-15(14)18-7-5-12(19)17-16(18)20/h5-7,10-11,13-15H,8-9H2,1-4H3,(H,22,23)(H,17,19,20)/b10-6+/t11?,13-,14-,15-/m1/s1. The van der Waals surface area contributed by atoms with Crippen LogP contribution in [0, 0.1) is 0 Å². The van der Waals surface area contributed by atoms with Crippen LogP contribution in [0.3, 0.4) is 0 Å². The number of aromatic amines is 1. The van der Waals surface area contributed by atoms with Gasteiger partial charge in [-0.05, 0) is 6.08 Å². The molecule has 1 aliphatic heterocycles. The molecule has 2 heterocycles. The maximum absolute atomic E-state index is 12.4. The van der Waals surface area contributed by atoms with Crippen molar-refractivity contribution in [2.45, 2.75) is 24.5 Å². The third kappa shape index (κ3) is 6.78. The molecule has 1 saturated heterocycles. The summed E-state index contributed by atoms with van der Waals surface area (Å²) in [5, 5.41) is 0. The quantitative estimate of drug-likeness (QED) is 0.303. The summed E-state index contributed by atoms with van der Waals surface area (Å²) >= 11 is 0. The van der Waals surface area contributed by atoms with Crippen molar-refractivity contribution < 1.29 is 46.3 Å². The molecule has 14 nitrogen and oxygen atoms in total. The molecule has 1 aliphatic rings. The first-order valence-corrected chi connectivity index (χ1v) is 12.3. The van der Waals surface area contributed by atoms with E-state index in [0.717, 1.165) is 23.6 Å². The van der Waals surface area contributed by atoms with E-state index in [9.17, 15) is 23.6 Å². The van der Waals surface area contributed by atoms with Gasteiger partial charge in [0.15, 0.2) is 6.23 Å². The number of aromatic nitrogens is 2. The van der Waals surface area contributed by atoms with Crippen molar-refractivity contribution in [2.24, 2.45) is 0 Å². The van der Waals surface area contributed by atoms with Gasteiger partial charge < -0.3 is 28.2 Å². The van der Waals surface area contributed by atoms with Gasteiger partial charge in [-0.15, -0.1) is 0 Å². The highest BCUT2D eigenvalue weighted by molar-refractivity contribution is 7.57. The van der Waals surface area contributed by atoms with Gasteiger partial charge >= 0.3 is 21.1 Å². The number of hydrogen-bond donors (Lipinski definition) is 2. The zero-order valence-corrected chi connectivity index (χ0v) is 19.6. The molecule has 2 unspecified atom stereocenters. The van der Waals surface area contributed by atoms with Crippen LogP contribution in [-0.4, -0.2) is 74.4 Å². The van der Waals surface area contributed by atoms with Gasteiger partial charge in [0.25, 0.3) is 5.56 Å². The summed E-state index contributed by atoms with van der Waals surface area (Å²) in [5.74, 6) is 1.08. The lowest BCUT2D eigenvalue weighted by molar-refractivity contribution is -0.0777. The minimum Gasteiger partial charge on any atom is -0.382 e. The molecule has 182 valence electrons. The van der Waals surface area contributed by atoms with Gasteiger partial charge in [-0.3, -0.25) is 28.0 Å². The van der Waals surface area contributed by atoms with Crippen molar-refractivity contribution in [3.8, 4) is 0 Å². The first kappa shape index (κ1) is 26.8. The molecule has 5 atom stereocenters. The lowest BCUT2D eigenvalue weighted by Gasteiger charge is -2.25. The highest BCUT2D eigenvalue weighted by Crippen LogP contribution is 2.51. The van der Waals surface area contributed by atoms with Crippen molar-refractivity contribution in [1.82, 2.24) is 9.55 Å². The van der Waals surface area contributed by atoms with E-state index in [1.54, 1.807) is 0 Å². The molecule has 0 amide bonds. The maximum Gasteiger partial charge on any atom is 0.472 e. The van der Waals surface area contributed by atoms with Crippen LogP contribution in [0.5, 0.6) is 0 Å². The molecule has 1 aromatic heterocycles. The minimum absolute atomic E-state index is 0.00672. The Hall–Kier alpha value is -1.44. The molecule has 2 N–H and O–H groups in total. The average molecular weight is 500 g/mol. The summed E-state index contributed by atoms with van der Waals surface area (Å²) in [5.41, 5.74) is -1.45. The molecule has 0 aliphatic carbocycles. The van der Waals surface area contributed by atoms with Gasteiger partial charge in [0.2, 0.25) is 0 Å². The first-order chi connectivity index (χ1) is 15.1. The van der Waals surface area contributed by atoms with E-state index < -0.39 is 51.2 Å². The van der Waals surface area contributed by atoms with Crippen molar-refractivity contribution in [3.63, 3.8) is 0 Å². The fourth-order valence-corrected chi connectivity index (χ4v) is 4.23. The Morgan fingerprint density at radius 1 is 1.12 bits per heavy atom. The van der Waals surface area contributed by atoms with E-state index in [-0.39, 0.29) is 13.2 Å². The van der Waals surface area contributed by atoms with Crippen molar-refractivity contribution >= 4 is 15.4 Å². The van der Waals surface area contributed by atoms with Gasteiger partial charge in [0, 0.05) is 46.5 Å². The maximum atomic E-state index is 12.4. The molecular formula is C16H26N2O12P2. The van der Waals surface area contributed by atoms with E-state index in [0.29, 0.717) is 0 Å². The van der Waals surface area contributed by atoms with Crippen LogP contribution in [-0.2, 0) is 41.4 Å². The minimum atomic E-state index is -4.55. The number of ether oxygens (including phenoxy) is 3. The largest absolute Gasteiger partial charge is 0.472 e. The Balaban J connectivity index is 2.51. The number of phosphoric ester groups is 1. The van der Waals surface area contributed by atoms with E-state index in [4.69, 9.17) is 27.8 Å². The van der Waals surface area contributed by atoms with Crippen LogP contribution in [0.1, 0.15) is 6.23 Å². The fraction of sp³-hybridized carbons (Fsp3) is 0.625. The summed E-state index contributed by atoms with van der Waals surface area (Å²) < 4.78 is 61.5. The predicted octanol–water partition coefficient (Wildman–Crippen LogP) is 0.597. The second kappa shape index (κ2) is 11.6. The molecule has 0 radical (unpaired) electrons. The Bertz CT molecular complexity index is 984. The first-order valence-electron chi connectivity index (χ1n) is 9.14. The third-order valence-corrected chi connectivity index (χ3v) is 6.93. The Morgan fingerprint density at radius 2 is 1.81 bits per heavy atom. The number of nitrogens with one attached hydrogen (secondary N) is 1. The Labute approximate surface area is 183 Å². The molecule has 1 fully saturated rings. The molecule has 0 saturated carbocycles. The monoisotopic (exact) mass is 500 g/mol. The van der Waals surface area contributed by atoms with Gasteiger partial charge in [0.05, 0.1) is 13.2 Å². The van der Waals surface area contributed by atoms with E-state index in [1.807, 2.05) is 0 Å². The number of phosphoric acid groups is 1. The van der Waals surface area contributed by atoms with Crippen molar-refractivity contribution in [1.29, 1.82) is 0 Å². The molecule has 0 spiro atoms. The second-order valence-electron chi connectivity index (χ2n) is 6.30. The smallest absolute Gasteiger partial charge is 0.382 e. The number of H-pyrrole nitrogens is 1. The zero-order chi connectivity index (χ0) is 23.9. The van der Waals surface area contributed by atoms with Crippen LogP contribution in [0.15, 0.2) is 33.7 Å². The SMILES string of the molecule is COCCO[C@@H]1[C@H](OP(=O)(O)OC)C(/C=C/P(=O)(OC)OC)O[C@H]1n1ccc(=O)[nH]c1=O. The molecule has 0 aromatic carbocycles. The number of rotatable bonds is 12. The predicted molar refractivity (Wildman–Crippen MR) is 109 cm³/mol. The van der Waals surface area contributed by atoms with Crippen LogP contribution in [0.2, 0.25) is 0 Å². The fourth-order valence-electron chi connectivity index (χ4n) is 2.82. The van der Waals surface area contributed by atoms with Gasteiger partial charge in [0.1, 0.15) is 18.3 Å². The molecule has 32 heavy (non-hydrogen) atoms. The van der Waals surface area contributed by atoms with Gasteiger partial charge in [-0.2, -0.15) is 0 Å².